The predicted octanol–water partition coefficient (Wildman–Crippen LogP) is 3.51. The Morgan fingerprint density at radius 2 is 2.07 bits per heavy atom. The number of hydrogen-bond acceptors (Lipinski definition) is 6. The first-order chi connectivity index (χ1) is 14.8. The van der Waals surface area contributed by atoms with Crippen LogP contribution in [-0.2, 0) is 17.9 Å². The number of aromatic nitrogens is 1. The molecule has 1 unspecified atom stereocenters. The molecule has 0 bridgehead atoms. The number of piperidine rings is 1. The number of nitrogens with one attached hydrogen (secondary N) is 3. The lowest BCUT2D eigenvalue weighted by molar-refractivity contribution is 0.123. The lowest BCUT2D eigenvalue weighted by Crippen LogP contribution is -2.36. The maximum absolute atomic E-state index is 5.85. The molecule has 1 saturated heterocycles. The zero-order valence-electron chi connectivity index (χ0n) is 18.2. The molecular weight excluding hydrogens is 376 g/mol. The van der Waals surface area contributed by atoms with Crippen LogP contribution in [0.25, 0.3) is 0 Å². The van der Waals surface area contributed by atoms with E-state index >= 15 is 0 Å². The van der Waals surface area contributed by atoms with Crippen molar-refractivity contribution >= 4 is 0 Å². The van der Waals surface area contributed by atoms with Gasteiger partial charge in [-0.1, -0.05) is 36.3 Å². The molecule has 1 aromatic carbocycles. The van der Waals surface area contributed by atoms with Crippen LogP contribution >= 0.6 is 0 Å². The lowest BCUT2D eigenvalue weighted by atomic mass is 9.85. The summed E-state index contributed by atoms with van der Waals surface area (Å²) >= 11 is 0. The van der Waals surface area contributed by atoms with Crippen LogP contribution in [0.3, 0.4) is 0 Å². The molecule has 1 aliphatic carbocycles. The van der Waals surface area contributed by atoms with E-state index in [0.717, 1.165) is 50.8 Å². The van der Waals surface area contributed by atoms with Crippen LogP contribution in [0.1, 0.15) is 67.1 Å². The smallest absolute Gasteiger partial charge is 0.140 e. The van der Waals surface area contributed by atoms with Gasteiger partial charge in [-0.3, -0.25) is 0 Å². The topological polar surface area (TPSA) is 71.3 Å². The van der Waals surface area contributed by atoms with Gasteiger partial charge in [0.15, 0.2) is 0 Å². The Hall–Kier alpha value is -1.73. The van der Waals surface area contributed by atoms with Crippen molar-refractivity contribution < 1.29 is 9.26 Å². The highest BCUT2D eigenvalue weighted by molar-refractivity contribution is 5.27. The van der Waals surface area contributed by atoms with Gasteiger partial charge in [0.1, 0.15) is 5.76 Å². The van der Waals surface area contributed by atoms with Crippen LogP contribution in [0.5, 0.6) is 0 Å². The Bertz CT molecular complexity index is 768. The molecule has 0 radical (unpaired) electrons. The number of benzene rings is 1. The monoisotopic (exact) mass is 412 g/mol. The van der Waals surface area contributed by atoms with Crippen LogP contribution in [0.15, 0.2) is 34.9 Å². The molecule has 2 aromatic rings. The maximum atomic E-state index is 5.85. The van der Waals surface area contributed by atoms with Crippen LogP contribution in [0.2, 0.25) is 0 Å². The first-order valence-electron chi connectivity index (χ1n) is 11.6. The van der Waals surface area contributed by atoms with Gasteiger partial charge in [0.05, 0.1) is 18.9 Å². The molecule has 0 spiro atoms. The number of rotatable bonds is 12. The normalized spacial score (nSPS) is 18.6. The summed E-state index contributed by atoms with van der Waals surface area (Å²) in [7, 11) is 0. The van der Waals surface area contributed by atoms with Crippen molar-refractivity contribution in [3.63, 3.8) is 0 Å². The first kappa shape index (κ1) is 21.5. The van der Waals surface area contributed by atoms with E-state index in [1.807, 2.05) is 0 Å². The predicted molar refractivity (Wildman–Crippen MR) is 118 cm³/mol. The van der Waals surface area contributed by atoms with Gasteiger partial charge in [0.2, 0.25) is 0 Å². The van der Waals surface area contributed by atoms with Gasteiger partial charge >= 0.3 is 0 Å². The molecule has 2 heterocycles. The summed E-state index contributed by atoms with van der Waals surface area (Å²) in [4.78, 5) is 0. The van der Waals surface area contributed by atoms with Gasteiger partial charge in [-0.05, 0) is 62.4 Å². The van der Waals surface area contributed by atoms with Crippen LogP contribution < -0.4 is 16.0 Å². The Morgan fingerprint density at radius 1 is 1.20 bits per heavy atom. The van der Waals surface area contributed by atoms with E-state index < -0.39 is 0 Å². The molecule has 1 aromatic heterocycles. The van der Waals surface area contributed by atoms with Crippen molar-refractivity contribution in [3.8, 4) is 0 Å². The first-order valence-corrected chi connectivity index (χ1v) is 11.6. The lowest BCUT2D eigenvalue weighted by Gasteiger charge is -2.32. The second kappa shape index (κ2) is 11.0. The maximum Gasteiger partial charge on any atom is 0.140 e. The zero-order chi connectivity index (χ0) is 20.6. The van der Waals surface area contributed by atoms with Gasteiger partial charge < -0.3 is 25.2 Å². The fraction of sp³-hybridized carbons (Fsp3) is 0.625. The fourth-order valence-corrected chi connectivity index (χ4v) is 4.31. The molecule has 1 atom stereocenters. The Morgan fingerprint density at radius 3 is 2.87 bits per heavy atom. The van der Waals surface area contributed by atoms with E-state index in [0.29, 0.717) is 24.5 Å². The quantitative estimate of drug-likeness (QED) is 0.464. The molecule has 164 valence electrons. The SMILES string of the molecule is CCNCCOCc1cccc(C(NCc2cc(C3CC3)on2)C2CCNCC2)c1. The third-order valence-electron chi connectivity index (χ3n) is 6.17. The zero-order valence-corrected chi connectivity index (χ0v) is 18.2. The minimum Gasteiger partial charge on any atom is -0.375 e. The Kier molecular flexibility index (Phi) is 7.92. The van der Waals surface area contributed by atoms with E-state index in [4.69, 9.17) is 9.26 Å². The van der Waals surface area contributed by atoms with Gasteiger partial charge in [-0.2, -0.15) is 0 Å². The summed E-state index contributed by atoms with van der Waals surface area (Å²) in [6, 6.07) is 11.3. The standard InChI is InChI=1S/C24H36N4O2/c1-2-25-12-13-29-17-18-4-3-5-21(14-18)24(20-8-10-26-11-9-20)27-16-22-15-23(30-28-22)19-6-7-19/h3-5,14-15,19-20,24-27H,2,6-13,16-17H2,1H3. The van der Waals surface area contributed by atoms with Crippen LogP contribution in [0, 0.1) is 5.92 Å². The van der Waals surface area contributed by atoms with Gasteiger partial charge in [0, 0.05) is 31.1 Å². The average Bonchev–Trinajstić information content (AvgIpc) is 3.53. The molecule has 1 saturated carbocycles. The average molecular weight is 413 g/mol. The van der Waals surface area contributed by atoms with Crippen molar-refractivity contribution in [2.45, 2.75) is 57.7 Å². The van der Waals surface area contributed by atoms with Gasteiger partial charge in [-0.15, -0.1) is 0 Å². The number of ether oxygens (including phenoxy) is 1. The largest absolute Gasteiger partial charge is 0.375 e. The Labute approximate surface area is 180 Å². The molecular formula is C24H36N4O2. The molecule has 3 N–H and O–H groups in total. The molecule has 4 rings (SSSR count). The van der Waals surface area contributed by atoms with Crippen LogP contribution in [-0.4, -0.2) is 37.9 Å². The second-order valence-electron chi connectivity index (χ2n) is 8.59. The summed E-state index contributed by atoms with van der Waals surface area (Å²) in [6.45, 7) is 8.32. The van der Waals surface area contributed by atoms with Crippen molar-refractivity contribution in [1.29, 1.82) is 0 Å². The van der Waals surface area contributed by atoms with Crippen molar-refractivity contribution in [2.24, 2.45) is 5.92 Å². The minimum absolute atomic E-state index is 0.315. The third kappa shape index (κ3) is 6.14. The van der Waals surface area contributed by atoms with E-state index in [-0.39, 0.29) is 0 Å². The third-order valence-corrected chi connectivity index (χ3v) is 6.17. The second-order valence-corrected chi connectivity index (χ2v) is 8.59. The van der Waals surface area contributed by atoms with E-state index in [1.54, 1.807) is 0 Å². The summed E-state index contributed by atoms with van der Waals surface area (Å²) in [5.74, 6) is 2.28. The highest BCUT2D eigenvalue weighted by atomic mass is 16.5. The molecule has 1 aliphatic heterocycles. The van der Waals surface area contributed by atoms with Crippen molar-refractivity contribution in [3.05, 3.63) is 52.9 Å². The summed E-state index contributed by atoms with van der Waals surface area (Å²) < 4.78 is 11.4. The van der Waals surface area contributed by atoms with Crippen molar-refractivity contribution in [2.75, 3.05) is 32.8 Å². The number of likely N-dealkylation sites (N-methyl/N-ethyl adjacent to an activating group) is 1. The highest BCUT2D eigenvalue weighted by Gasteiger charge is 2.29. The molecule has 0 amide bonds. The summed E-state index contributed by atoms with van der Waals surface area (Å²) in [5.41, 5.74) is 3.60. The fourth-order valence-electron chi connectivity index (χ4n) is 4.31. The Balaban J connectivity index is 1.40. The van der Waals surface area contributed by atoms with E-state index in [2.05, 4.69) is 58.4 Å². The molecule has 6 heteroatoms. The molecule has 2 fully saturated rings. The van der Waals surface area contributed by atoms with Crippen molar-refractivity contribution in [1.82, 2.24) is 21.1 Å². The van der Waals surface area contributed by atoms with E-state index in [9.17, 15) is 0 Å². The van der Waals surface area contributed by atoms with Gasteiger partial charge in [0.25, 0.3) is 0 Å². The number of hydrogen-bond donors (Lipinski definition) is 3. The van der Waals surface area contributed by atoms with Crippen LogP contribution in [0.4, 0.5) is 0 Å². The summed E-state index contributed by atoms with van der Waals surface area (Å²) in [5, 5.41) is 14.9. The summed E-state index contributed by atoms with van der Waals surface area (Å²) in [6.07, 6.45) is 4.85. The highest BCUT2D eigenvalue weighted by Crippen LogP contribution is 2.40. The van der Waals surface area contributed by atoms with Gasteiger partial charge in [-0.25, -0.2) is 0 Å². The van der Waals surface area contributed by atoms with E-state index in [1.165, 1.54) is 36.8 Å². The number of nitrogens with zero attached hydrogens (tertiary/aromatic N) is 1. The minimum atomic E-state index is 0.315. The molecule has 2 aliphatic rings. The molecule has 30 heavy (non-hydrogen) atoms. The molecule has 6 nitrogen and oxygen atoms in total.